The molecule has 2 heterocycles. The molecule has 1 N–H and O–H groups in total. The summed E-state index contributed by atoms with van der Waals surface area (Å²) in [5, 5.41) is 5.39. The van der Waals surface area contributed by atoms with Crippen molar-refractivity contribution in [3.63, 3.8) is 0 Å². The average Bonchev–Trinajstić information content (AvgIpc) is 3.23. The van der Waals surface area contributed by atoms with Crippen LogP contribution >= 0.6 is 11.3 Å². The van der Waals surface area contributed by atoms with Crippen LogP contribution in [-0.4, -0.2) is 42.6 Å². The summed E-state index contributed by atoms with van der Waals surface area (Å²) < 4.78 is 5.78. The van der Waals surface area contributed by atoms with Gasteiger partial charge in [0.05, 0.1) is 12.6 Å². The number of amides is 1. The Morgan fingerprint density at radius 2 is 2.21 bits per heavy atom. The monoisotopic (exact) mass is 350 g/mol. The number of nitrogens with zero attached hydrogens (tertiary/aromatic N) is 1. The van der Waals surface area contributed by atoms with Crippen molar-refractivity contribution in [1.82, 2.24) is 10.2 Å². The molecule has 0 aromatic carbocycles. The topological polar surface area (TPSA) is 41.6 Å². The minimum Gasteiger partial charge on any atom is -0.377 e. The summed E-state index contributed by atoms with van der Waals surface area (Å²) in [6.45, 7) is 5.29. The maximum absolute atomic E-state index is 12.6. The molecule has 5 heteroatoms. The van der Waals surface area contributed by atoms with Crippen molar-refractivity contribution >= 4 is 17.2 Å². The highest BCUT2D eigenvalue weighted by atomic mass is 32.1. The first-order chi connectivity index (χ1) is 11.7. The van der Waals surface area contributed by atoms with Crippen molar-refractivity contribution in [2.24, 2.45) is 5.92 Å². The fourth-order valence-electron chi connectivity index (χ4n) is 3.87. The summed E-state index contributed by atoms with van der Waals surface area (Å²) in [6, 6.07) is 4.58. The summed E-state index contributed by atoms with van der Waals surface area (Å²) >= 11 is 1.76. The number of carbonyl (C=O) groups is 1. The van der Waals surface area contributed by atoms with Gasteiger partial charge in [-0.15, -0.1) is 11.3 Å². The Bertz CT molecular complexity index is 499. The SMILES string of the molecule is C[C@H]1CCCC[C@H]1NC(=O)CN(Cc1cccs1)C[C@@H]1CCCO1. The Labute approximate surface area is 149 Å². The minimum absolute atomic E-state index is 0.170. The predicted octanol–water partition coefficient (Wildman–Crippen LogP) is 3.42. The maximum Gasteiger partial charge on any atom is 0.234 e. The molecule has 1 aromatic rings. The van der Waals surface area contributed by atoms with Gasteiger partial charge in [0.25, 0.3) is 0 Å². The van der Waals surface area contributed by atoms with Crippen molar-refractivity contribution in [3.8, 4) is 0 Å². The average molecular weight is 351 g/mol. The van der Waals surface area contributed by atoms with E-state index in [0.717, 1.165) is 39.0 Å². The lowest BCUT2D eigenvalue weighted by Crippen LogP contribution is -2.46. The summed E-state index contributed by atoms with van der Waals surface area (Å²) in [5.74, 6) is 0.773. The van der Waals surface area contributed by atoms with Crippen LogP contribution in [0.5, 0.6) is 0 Å². The Morgan fingerprint density at radius 1 is 1.33 bits per heavy atom. The lowest BCUT2D eigenvalue weighted by molar-refractivity contribution is -0.124. The first kappa shape index (κ1) is 17.9. The normalized spacial score (nSPS) is 27.5. The molecule has 1 aliphatic heterocycles. The maximum atomic E-state index is 12.6. The molecule has 2 fully saturated rings. The second-order valence-corrected chi connectivity index (χ2v) is 8.35. The van der Waals surface area contributed by atoms with Gasteiger partial charge in [0.15, 0.2) is 0 Å². The third-order valence-electron chi connectivity index (χ3n) is 5.27. The molecule has 1 saturated carbocycles. The van der Waals surface area contributed by atoms with Crippen molar-refractivity contribution in [1.29, 1.82) is 0 Å². The molecule has 1 amide bonds. The van der Waals surface area contributed by atoms with Gasteiger partial charge in [0.2, 0.25) is 5.91 Å². The zero-order valence-corrected chi connectivity index (χ0v) is 15.5. The second-order valence-electron chi connectivity index (χ2n) is 7.32. The van der Waals surface area contributed by atoms with E-state index in [1.54, 1.807) is 11.3 Å². The number of hydrogen-bond acceptors (Lipinski definition) is 4. The van der Waals surface area contributed by atoms with E-state index in [0.29, 0.717) is 18.5 Å². The van der Waals surface area contributed by atoms with Gasteiger partial charge in [-0.2, -0.15) is 0 Å². The highest BCUT2D eigenvalue weighted by molar-refractivity contribution is 7.09. The molecule has 0 radical (unpaired) electrons. The largest absolute Gasteiger partial charge is 0.377 e. The van der Waals surface area contributed by atoms with Gasteiger partial charge < -0.3 is 10.1 Å². The van der Waals surface area contributed by atoms with Crippen LogP contribution in [0.2, 0.25) is 0 Å². The molecule has 4 nitrogen and oxygen atoms in total. The molecule has 3 rings (SSSR count). The molecule has 134 valence electrons. The smallest absolute Gasteiger partial charge is 0.234 e. The highest BCUT2D eigenvalue weighted by Crippen LogP contribution is 2.24. The van der Waals surface area contributed by atoms with Crippen molar-refractivity contribution in [2.45, 2.75) is 64.1 Å². The van der Waals surface area contributed by atoms with Crippen LogP contribution < -0.4 is 5.32 Å². The Hall–Kier alpha value is -0.910. The van der Waals surface area contributed by atoms with Crippen LogP contribution in [0.15, 0.2) is 17.5 Å². The molecule has 2 aliphatic rings. The van der Waals surface area contributed by atoms with Gasteiger partial charge in [-0.25, -0.2) is 0 Å². The van der Waals surface area contributed by atoms with E-state index < -0.39 is 0 Å². The predicted molar refractivity (Wildman–Crippen MR) is 98.1 cm³/mol. The Balaban J connectivity index is 1.54. The van der Waals surface area contributed by atoms with Gasteiger partial charge in [-0.3, -0.25) is 9.69 Å². The quantitative estimate of drug-likeness (QED) is 0.819. The van der Waals surface area contributed by atoms with Crippen LogP contribution in [0.25, 0.3) is 0 Å². The summed E-state index contributed by atoms with van der Waals surface area (Å²) in [7, 11) is 0. The van der Waals surface area contributed by atoms with Crippen LogP contribution in [-0.2, 0) is 16.1 Å². The third kappa shape index (κ3) is 5.30. The van der Waals surface area contributed by atoms with Crippen LogP contribution in [0.3, 0.4) is 0 Å². The minimum atomic E-state index is 0.170. The molecule has 1 aliphatic carbocycles. The summed E-state index contributed by atoms with van der Waals surface area (Å²) in [4.78, 5) is 16.1. The van der Waals surface area contributed by atoms with E-state index in [2.05, 4.69) is 34.7 Å². The molecule has 1 saturated heterocycles. The number of thiophene rings is 1. The zero-order chi connectivity index (χ0) is 16.8. The third-order valence-corrected chi connectivity index (χ3v) is 6.13. The number of ether oxygens (including phenoxy) is 1. The molecule has 0 spiro atoms. The Kier molecular flexibility index (Phi) is 6.69. The Morgan fingerprint density at radius 3 is 2.92 bits per heavy atom. The lowest BCUT2D eigenvalue weighted by atomic mass is 9.86. The van der Waals surface area contributed by atoms with Crippen molar-refractivity contribution < 1.29 is 9.53 Å². The highest BCUT2D eigenvalue weighted by Gasteiger charge is 2.25. The van der Waals surface area contributed by atoms with E-state index in [1.165, 1.54) is 24.1 Å². The van der Waals surface area contributed by atoms with Crippen LogP contribution in [0, 0.1) is 5.92 Å². The second kappa shape index (κ2) is 8.97. The van der Waals surface area contributed by atoms with E-state index >= 15 is 0 Å². The molecule has 1 aromatic heterocycles. The van der Waals surface area contributed by atoms with E-state index in [1.807, 2.05) is 0 Å². The van der Waals surface area contributed by atoms with Gasteiger partial charge in [0, 0.05) is 30.6 Å². The van der Waals surface area contributed by atoms with Gasteiger partial charge in [-0.1, -0.05) is 25.8 Å². The first-order valence-electron chi connectivity index (χ1n) is 9.36. The fourth-order valence-corrected chi connectivity index (χ4v) is 4.62. The van der Waals surface area contributed by atoms with Gasteiger partial charge in [0.1, 0.15) is 0 Å². The van der Waals surface area contributed by atoms with Gasteiger partial charge in [-0.05, 0) is 43.0 Å². The molecule has 0 unspecified atom stereocenters. The number of carbonyl (C=O) groups excluding carboxylic acids is 1. The molecular formula is C19H30N2O2S. The van der Waals surface area contributed by atoms with E-state index in [9.17, 15) is 4.79 Å². The van der Waals surface area contributed by atoms with E-state index in [4.69, 9.17) is 4.74 Å². The first-order valence-corrected chi connectivity index (χ1v) is 10.2. The fraction of sp³-hybridized carbons (Fsp3) is 0.737. The van der Waals surface area contributed by atoms with Crippen molar-refractivity contribution in [2.75, 3.05) is 19.7 Å². The molecular weight excluding hydrogens is 320 g/mol. The van der Waals surface area contributed by atoms with Crippen LogP contribution in [0.1, 0.15) is 50.3 Å². The molecule has 0 bridgehead atoms. The number of rotatable bonds is 7. The lowest BCUT2D eigenvalue weighted by Gasteiger charge is -2.31. The zero-order valence-electron chi connectivity index (χ0n) is 14.7. The molecule has 24 heavy (non-hydrogen) atoms. The number of hydrogen-bond donors (Lipinski definition) is 1. The molecule has 3 atom stereocenters. The van der Waals surface area contributed by atoms with E-state index in [-0.39, 0.29) is 12.0 Å². The number of nitrogens with one attached hydrogen (secondary N) is 1. The summed E-state index contributed by atoms with van der Waals surface area (Å²) in [6.07, 6.45) is 7.45. The van der Waals surface area contributed by atoms with Gasteiger partial charge >= 0.3 is 0 Å². The standard InChI is InChI=1S/C19H30N2O2S/c1-15-6-2-3-9-18(15)20-19(22)14-21(12-16-7-4-10-23-16)13-17-8-5-11-24-17/h5,8,11,15-16,18H,2-4,6-7,9-10,12-14H2,1H3,(H,20,22)/t15-,16-,18+/m0/s1. The summed E-state index contributed by atoms with van der Waals surface area (Å²) in [5.41, 5.74) is 0. The van der Waals surface area contributed by atoms with Crippen LogP contribution in [0.4, 0.5) is 0 Å². The van der Waals surface area contributed by atoms with Crippen molar-refractivity contribution in [3.05, 3.63) is 22.4 Å².